The molecular weight excluding hydrogens is 516 g/mol. The van der Waals surface area contributed by atoms with Crippen LogP contribution >= 0.6 is 0 Å². The summed E-state index contributed by atoms with van der Waals surface area (Å²) >= 11 is 0. The van der Waals surface area contributed by atoms with Gasteiger partial charge in [-0.05, 0) is 59.4 Å². The maximum Gasteiger partial charge on any atom is 0.344 e. The molecule has 7 nitrogen and oxygen atoms in total. The van der Waals surface area contributed by atoms with Crippen molar-refractivity contribution in [3.8, 4) is 28.6 Å². The fraction of sp³-hybridized carbons (Fsp3) is 0.226. The van der Waals surface area contributed by atoms with Crippen molar-refractivity contribution in [2.24, 2.45) is 5.73 Å². The second-order valence-electron chi connectivity index (χ2n) is 9.43. The van der Waals surface area contributed by atoms with Crippen molar-refractivity contribution in [1.29, 1.82) is 0 Å². The number of halogens is 2. The molecule has 1 heterocycles. The van der Waals surface area contributed by atoms with Crippen LogP contribution in [0.5, 0.6) is 17.5 Å². The minimum Gasteiger partial charge on any atom is -0.479 e. The molecule has 0 aliphatic heterocycles. The highest BCUT2D eigenvalue weighted by Gasteiger charge is 2.29. The lowest BCUT2D eigenvalue weighted by atomic mass is 10.0. The van der Waals surface area contributed by atoms with E-state index in [0.717, 1.165) is 27.8 Å². The summed E-state index contributed by atoms with van der Waals surface area (Å²) in [7, 11) is 1.52. The summed E-state index contributed by atoms with van der Waals surface area (Å²) in [4.78, 5) is 16.9. The van der Waals surface area contributed by atoms with Crippen LogP contribution in [0.3, 0.4) is 0 Å². The van der Waals surface area contributed by atoms with Gasteiger partial charge >= 0.3 is 5.97 Å². The first kappa shape index (κ1) is 28.5. The molecule has 1 atom stereocenters. The van der Waals surface area contributed by atoms with Crippen LogP contribution in [0, 0.1) is 18.6 Å². The van der Waals surface area contributed by atoms with Gasteiger partial charge in [0.1, 0.15) is 11.4 Å². The van der Waals surface area contributed by atoms with E-state index in [1.807, 2.05) is 67.6 Å². The Hall–Kier alpha value is -4.50. The van der Waals surface area contributed by atoms with E-state index in [1.165, 1.54) is 11.9 Å². The Kier molecular flexibility index (Phi) is 8.96. The second kappa shape index (κ2) is 12.6. The standard InChI is InChI=1S/C31H31F2N3O4/c1-4-25(31(37)38)40-30-27(33)28(36(3)18-20-9-6-5-7-10-20)26(32)29(35-30)39-24-14-19(2)13-23(16-24)22-12-8-11-21(15-22)17-34/h5-16,25H,4,17-18,34H2,1-3H3,(H,37,38). The number of nitrogens with two attached hydrogens (primary N) is 1. The average molecular weight is 548 g/mol. The summed E-state index contributed by atoms with van der Waals surface area (Å²) in [6.45, 7) is 3.99. The van der Waals surface area contributed by atoms with Gasteiger partial charge in [0.15, 0.2) is 6.10 Å². The van der Waals surface area contributed by atoms with Crippen LogP contribution in [-0.2, 0) is 17.9 Å². The number of benzene rings is 3. The molecule has 1 aromatic heterocycles. The van der Waals surface area contributed by atoms with Crippen LogP contribution in [0.1, 0.15) is 30.0 Å². The molecule has 0 saturated heterocycles. The van der Waals surface area contributed by atoms with Crippen molar-refractivity contribution < 1.29 is 28.2 Å². The van der Waals surface area contributed by atoms with Crippen LogP contribution < -0.4 is 20.1 Å². The molecule has 0 fully saturated rings. The second-order valence-corrected chi connectivity index (χ2v) is 9.43. The summed E-state index contributed by atoms with van der Waals surface area (Å²) in [6.07, 6.45) is -1.34. The maximum absolute atomic E-state index is 15.9. The normalized spacial score (nSPS) is 11.7. The van der Waals surface area contributed by atoms with Gasteiger partial charge in [0.2, 0.25) is 11.6 Å². The van der Waals surface area contributed by atoms with Crippen LogP contribution in [0.2, 0.25) is 0 Å². The smallest absolute Gasteiger partial charge is 0.344 e. The van der Waals surface area contributed by atoms with Gasteiger partial charge in [-0.3, -0.25) is 0 Å². The zero-order chi connectivity index (χ0) is 28.8. The fourth-order valence-electron chi connectivity index (χ4n) is 4.31. The fourth-order valence-corrected chi connectivity index (χ4v) is 4.31. The quantitative estimate of drug-likeness (QED) is 0.222. The SMILES string of the molecule is CCC(Oc1nc(Oc2cc(C)cc(-c3cccc(CN)c3)c2)c(F)c(N(C)Cc2ccccc2)c1F)C(=O)O. The highest BCUT2D eigenvalue weighted by atomic mass is 19.1. The number of aryl methyl sites for hydroxylation is 1. The molecule has 3 aromatic carbocycles. The zero-order valence-electron chi connectivity index (χ0n) is 22.5. The van der Waals surface area contributed by atoms with Crippen molar-refractivity contribution in [1.82, 2.24) is 4.98 Å². The average Bonchev–Trinajstić information content (AvgIpc) is 2.94. The monoisotopic (exact) mass is 547 g/mol. The topological polar surface area (TPSA) is 97.9 Å². The molecule has 1 unspecified atom stereocenters. The number of nitrogens with zero attached hydrogens (tertiary/aromatic N) is 2. The van der Waals surface area contributed by atoms with Crippen molar-refractivity contribution in [2.75, 3.05) is 11.9 Å². The van der Waals surface area contributed by atoms with Crippen molar-refractivity contribution >= 4 is 11.7 Å². The maximum atomic E-state index is 15.9. The van der Waals surface area contributed by atoms with Gasteiger partial charge in [0.25, 0.3) is 11.8 Å². The Morgan fingerprint density at radius 3 is 2.35 bits per heavy atom. The molecule has 208 valence electrons. The first-order valence-corrected chi connectivity index (χ1v) is 12.8. The summed E-state index contributed by atoms with van der Waals surface area (Å²) in [5.41, 5.74) is 9.64. The van der Waals surface area contributed by atoms with E-state index in [1.54, 1.807) is 19.1 Å². The highest BCUT2D eigenvalue weighted by Crippen LogP contribution is 2.38. The molecule has 0 radical (unpaired) electrons. The van der Waals surface area contributed by atoms with Gasteiger partial charge in [0, 0.05) is 20.1 Å². The van der Waals surface area contributed by atoms with E-state index in [0.29, 0.717) is 6.54 Å². The Labute approximate surface area is 231 Å². The molecule has 0 bridgehead atoms. The number of ether oxygens (including phenoxy) is 2. The van der Waals surface area contributed by atoms with E-state index in [2.05, 4.69) is 4.98 Å². The predicted molar refractivity (Wildman–Crippen MR) is 150 cm³/mol. The molecule has 0 aliphatic rings. The molecule has 4 rings (SSSR count). The molecule has 0 amide bonds. The number of hydrogen-bond donors (Lipinski definition) is 2. The number of hydrogen-bond acceptors (Lipinski definition) is 6. The van der Waals surface area contributed by atoms with Gasteiger partial charge in [0.05, 0.1) is 0 Å². The Morgan fingerprint density at radius 2 is 1.68 bits per heavy atom. The highest BCUT2D eigenvalue weighted by molar-refractivity contribution is 5.72. The summed E-state index contributed by atoms with van der Waals surface area (Å²) < 4.78 is 42.8. The molecule has 9 heteroatoms. The van der Waals surface area contributed by atoms with Crippen LogP contribution in [0.15, 0.2) is 72.8 Å². The third-order valence-electron chi connectivity index (χ3n) is 6.30. The third-order valence-corrected chi connectivity index (χ3v) is 6.30. The zero-order valence-corrected chi connectivity index (χ0v) is 22.5. The van der Waals surface area contributed by atoms with Gasteiger partial charge < -0.3 is 25.2 Å². The molecule has 4 aromatic rings. The lowest BCUT2D eigenvalue weighted by molar-refractivity contribution is -0.145. The van der Waals surface area contributed by atoms with Crippen molar-refractivity contribution in [3.63, 3.8) is 0 Å². The minimum absolute atomic E-state index is 0.0440. The molecule has 0 saturated carbocycles. The van der Waals surface area contributed by atoms with E-state index < -0.39 is 41.2 Å². The van der Waals surface area contributed by atoms with Crippen molar-refractivity contribution in [3.05, 3.63) is 101 Å². The van der Waals surface area contributed by atoms with Crippen molar-refractivity contribution in [2.45, 2.75) is 39.5 Å². The van der Waals surface area contributed by atoms with E-state index in [9.17, 15) is 9.90 Å². The molecule has 3 N–H and O–H groups in total. The first-order chi connectivity index (χ1) is 19.2. The number of carbonyl (C=O) groups is 1. The van der Waals surface area contributed by atoms with Crippen LogP contribution in [0.4, 0.5) is 14.5 Å². The van der Waals surface area contributed by atoms with E-state index in [-0.39, 0.29) is 18.7 Å². The lowest BCUT2D eigenvalue weighted by Gasteiger charge is -2.23. The number of aromatic nitrogens is 1. The largest absolute Gasteiger partial charge is 0.479 e. The molecule has 40 heavy (non-hydrogen) atoms. The molecule has 0 aliphatic carbocycles. The lowest BCUT2D eigenvalue weighted by Crippen LogP contribution is -2.28. The number of anilines is 1. The number of aliphatic carboxylic acids is 1. The minimum atomic E-state index is -1.38. The predicted octanol–water partition coefficient (Wildman–Crippen LogP) is 6.46. The van der Waals surface area contributed by atoms with Gasteiger partial charge in [-0.15, -0.1) is 0 Å². The van der Waals surface area contributed by atoms with Gasteiger partial charge in [-0.25, -0.2) is 4.79 Å². The summed E-state index contributed by atoms with van der Waals surface area (Å²) in [5.74, 6) is -4.40. The third kappa shape index (κ3) is 6.55. The Balaban J connectivity index is 1.78. The number of carboxylic acids is 1. The summed E-state index contributed by atoms with van der Waals surface area (Å²) in [6, 6.07) is 22.2. The first-order valence-electron chi connectivity index (χ1n) is 12.8. The van der Waals surface area contributed by atoms with Gasteiger partial charge in [-0.2, -0.15) is 13.8 Å². The van der Waals surface area contributed by atoms with Crippen LogP contribution in [0.25, 0.3) is 11.1 Å². The summed E-state index contributed by atoms with van der Waals surface area (Å²) in [5, 5.41) is 9.47. The number of carboxylic acid groups (broad SMARTS) is 1. The van der Waals surface area contributed by atoms with E-state index in [4.69, 9.17) is 15.2 Å². The molecular formula is C31H31F2N3O4. The van der Waals surface area contributed by atoms with E-state index >= 15 is 8.78 Å². The Morgan fingerprint density at radius 1 is 0.975 bits per heavy atom. The van der Waals surface area contributed by atoms with Crippen LogP contribution in [-0.4, -0.2) is 29.2 Å². The Bertz CT molecular complexity index is 1500. The van der Waals surface area contributed by atoms with Gasteiger partial charge in [-0.1, -0.05) is 61.5 Å². The number of rotatable bonds is 11. The number of pyridine rings is 1. The molecule has 0 spiro atoms.